The van der Waals surface area contributed by atoms with Crippen molar-refractivity contribution in [1.29, 1.82) is 0 Å². The summed E-state index contributed by atoms with van der Waals surface area (Å²) in [6.45, 7) is 1.83. The Labute approximate surface area is 106 Å². The molecule has 1 amide bonds. The lowest BCUT2D eigenvalue weighted by atomic mass is 10.2. The van der Waals surface area contributed by atoms with Gasteiger partial charge >= 0.3 is 0 Å². The molecular formula is C11H15ClN2O3. The van der Waals surface area contributed by atoms with Gasteiger partial charge in [0.25, 0.3) is 5.91 Å². The van der Waals surface area contributed by atoms with Crippen molar-refractivity contribution in [3.63, 3.8) is 0 Å². The number of phenolic OH excluding ortho intramolecular Hbond substituents is 1. The number of carbonyl (C=O) groups is 1. The molecule has 5 nitrogen and oxygen atoms in total. The highest BCUT2D eigenvalue weighted by atomic mass is 35.5. The molecule has 17 heavy (non-hydrogen) atoms. The molecule has 2 rings (SSSR count). The van der Waals surface area contributed by atoms with Gasteiger partial charge in [-0.2, -0.15) is 0 Å². The maximum atomic E-state index is 11.7. The maximum absolute atomic E-state index is 11.7. The standard InChI is InChI=1S/C11H14N2O3.ClH/c14-9-3-1-2-8(6-9)13-11(15)10-7-12-4-5-16-10;/h1-3,6,10,12,14H,4-5,7H2,(H,13,15);1H. The number of phenols is 1. The van der Waals surface area contributed by atoms with Gasteiger partial charge in [0.2, 0.25) is 0 Å². The van der Waals surface area contributed by atoms with Crippen LogP contribution in [0.1, 0.15) is 0 Å². The minimum Gasteiger partial charge on any atom is -0.508 e. The van der Waals surface area contributed by atoms with Crippen molar-refractivity contribution in [1.82, 2.24) is 5.32 Å². The largest absolute Gasteiger partial charge is 0.508 e. The zero-order valence-electron chi connectivity index (χ0n) is 9.18. The zero-order valence-corrected chi connectivity index (χ0v) is 10.00. The van der Waals surface area contributed by atoms with Crippen molar-refractivity contribution in [2.24, 2.45) is 0 Å². The highest BCUT2D eigenvalue weighted by Crippen LogP contribution is 2.15. The summed E-state index contributed by atoms with van der Waals surface area (Å²) in [7, 11) is 0. The van der Waals surface area contributed by atoms with Crippen LogP contribution in [0.2, 0.25) is 0 Å². The lowest BCUT2D eigenvalue weighted by Gasteiger charge is -2.22. The second-order valence-corrected chi connectivity index (χ2v) is 3.60. The molecule has 1 aliphatic heterocycles. The van der Waals surface area contributed by atoms with Gasteiger partial charge in [-0.15, -0.1) is 12.4 Å². The Bertz CT molecular complexity index is 381. The van der Waals surface area contributed by atoms with Crippen molar-refractivity contribution in [2.45, 2.75) is 6.10 Å². The molecule has 1 aromatic carbocycles. The van der Waals surface area contributed by atoms with E-state index in [4.69, 9.17) is 4.74 Å². The molecule has 1 atom stereocenters. The first-order valence-corrected chi connectivity index (χ1v) is 5.18. The van der Waals surface area contributed by atoms with Crippen molar-refractivity contribution < 1.29 is 14.6 Å². The lowest BCUT2D eigenvalue weighted by Crippen LogP contribution is -2.45. The molecule has 1 unspecified atom stereocenters. The van der Waals surface area contributed by atoms with Crippen LogP contribution in [0.25, 0.3) is 0 Å². The fraction of sp³-hybridized carbons (Fsp3) is 0.364. The van der Waals surface area contributed by atoms with E-state index in [1.54, 1.807) is 18.2 Å². The molecule has 0 radical (unpaired) electrons. The molecule has 0 aliphatic carbocycles. The molecule has 0 bridgehead atoms. The van der Waals surface area contributed by atoms with E-state index in [1.165, 1.54) is 6.07 Å². The number of anilines is 1. The average Bonchev–Trinajstić information content (AvgIpc) is 2.30. The molecule has 0 aromatic heterocycles. The predicted molar refractivity (Wildman–Crippen MR) is 66.6 cm³/mol. The number of rotatable bonds is 2. The van der Waals surface area contributed by atoms with Crippen molar-refractivity contribution in [3.05, 3.63) is 24.3 Å². The summed E-state index contributed by atoms with van der Waals surface area (Å²) in [4.78, 5) is 11.7. The van der Waals surface area contributed by atoms with Gasteiger partial charge in [0.05, 0.1) is 6.61 Å². The van der Waals surface area contributed by atoms with Gasteiger partial charge in [0.1, 0.15) is 11.9 Å². The van der Waals surface area contributed by atoms with Crippen LogP contribution in [0.3, 0.4) is 0 Å². The number of aromatic hydroxyl groups is 1. The highest BCUT2D eigenvalue weighted by Gasteiger charge is 2.21. The average molecular weight is 259 g/mol. The molecule has 1 aliphatic rings. The molecule has 94 valence electrons. The van der Waals surface area contributed by atoms with Crippen LogP contribution < -0.4 is 10.6 Å². The summed E-state index contributed by atoms with van der Waals surface area (Å²) < 4.78 is 5.31. The van der Waals surface area contributed by atoms with E-state index >= 15 is 0 Å². The quantitative estimate of drug-likeness (QED) is 0.732. The lowest BCUT2D eigenvalue weighted by molar-refractivity contribution is -0.128. The Morgan fingerprint density at radius 3 is 3.00 bits per heavy atom. The third-order valence-electron chi connectivity index (χ3n) is 2.33. The summed E-state index contributed by atoms with van der Waals surface area (Å²) in [5, 5.41) is 15.0. The Hall–Kier alpha value is -1.30. The van der Waals surface area contributed by atoms with Crippen LogP contribution in [-0.2, 0) is 9.53 Å². The monoisotopic (exact) mass is 258 g/mol. The topological polar surface area (TPSA) is 70.6 Å². The number of halogens is 1. The number of amides is 1. The van der Waals surface area contributed by atoms with Crippen LogP contribution in [-0.4, -0.2) is 36.8 Å². The molecule has 1 saturated heterocycles. The predicted octanol–water partition coefficient (Wildman–Crippen LogP) is 0.741. The van der Waals surface area contributed by atoms with E-state index in [1.807, 2.05) is 0 Å². The normalized spacial score (nSPS) is 19.2. The number of carbonyl (C=O) groups excluding carboxylic acids is 1. The van der Waals surface area contributed by atoms with Crippen LogP contribution in [0.5, 0.6) is 5.75 Å². The Morgan fingerprint density at radius 2 is 2.35 bits per heavy atom. The van der Waals surface area contributed by atoms with Gasteiger partial charge in [0, 0.05) is 24.8 Å². The fourth-order valence-corrected chi connectivity index (χ4v) is 1.54. The first kappa shape index (κ1) is 13.8. The van der Waals surface area contributed by atoms with Gasteiger partial charge in [0.15, 0.2) is 0 Å². The third kappa shape index (κ3) is 3.89. The van der Waals surface area contributed by atoms with Gasteiger partial charge in [-0.3, -0.25) is 4.79 Å². The van der Waals surface area contributed by atoms with Gasteiger partial charge in [-0.1, -0.05) is 6.07 Å². The molecule has 1 heterocycles. The van der Waals surface area contributed by atoms with Crippen LogP contribution in [0.4, 0.5) is 5.69 Å². The molecule has 3 N–H and O–H groups in total. The van der Waals surface area contributed by atoms with Gasteiger partial charge < -0.3 is 20.5 Å². The maximum Gasteiger partial charge on any atom is 0.254 e. The van der Waals surface area contributed by atoms with Crippen molar-refractivity contribution in [2.75, 3.05) is 25.0 Å². The van der Waals surface area contributed by atoms with E-state index in [9.17, 15) is 9.90 Å². The van der Waals surface area contributed by atoms with Crippen LogP contribution in [0, 0.1) is 0 Å². The van der Waals surface area contributed by atoms with Crippen molar-refractivity contribution in [3.8, 4) is 5.75 Å². The third-order valence-corrected chi connectivity index (χ3v) is 2.33. The molecule has 0 saturated carbocycles. The smallest absolute Gasteiger partial charge is 0.254 e. The molecule has 0 spiro atoms. The molecule has 1 fully saturated rings. The molecule has 6 heteroatoms. The fourth-order valence-electron chi connectivity index (χ4n) is 1.54. The van der Waals surface area contributed by atoms with E-state index < -0.39 is 6.10 Å². The molecular weight excluding hydrogens is 244 g/mol. The van der Waals surface area contributed by atoms with E-state index in [0.29, 0.717) is 18.8 Å². The van der Waals surface area contributed by atoms with Gasteiger partial charge in [-0.05, 0) is 12.1 Å². The first-order valence-electron chi connectivity index (χ1n) is 5.18. The summed E-state index contributed by atoms with van der Waals surface area (Å²) in [5.74, 6) is -0.0710. The van der Waals surface area contributed by atoms with Crippen LogP contribution >= 0.6 is 12.4 Å². The molecule has 1 aromatic rings. The van der Waals surface area contributed by atoms with Crippen molar-refractivity contribution >= 4 is 24.0 Å². The zero-order chi connectivity index (χ0) is 11.4. The number of hydrogen-bond donors (Lipinski definition) is 3. The summed E-state index contributed by atoms with van der Waals surface area (Å²) in [6.07, 6.45) is -0.462. The highest BCUT2D eigenvalue weighted by molar-refractivity contribution is 5.94. The summed E-state index contributed by atoms with van der Waals surface area (Å²) in [5.41, 5.74) is 0.569. The summed E-state index contributed by atoms with van der Waals surface area (Å²) >= 11 is 0. The Balaban J connectivity index is 0.00000144. The number of nitrogens with one attached hydrogen (secondary N) is 2. The Morgan fingerprint density at radius 1 is 1.53 bits per heavy atom. The van der Waals surface area contributed by atoms with Gasteiger partial charge in [-0.25, -0.2) is 0 Å². The second kappa shape index (κ2) is 6.44. The summed E-state index contributed by atoms with van der Waals surface area (Å²) in [6, 6.07) is 6.43. The number of benzene rings is 1. The number of ether oxygens (including phenoxy) is 1. The van der Waals surface area contributed by atoms with E-state index in [0.717, 1.165) is 6.54 Å². The number of hydrogen-bond acceptors (Lipinski definition) is 4. The minimum atomic E-state index is -0.462. The van der Waals surface area contributed by atoms with Crippen LogP contribution in [0.15, 0.2) is 24.3 Å². The Kier molecular flexibility index (Phi) is 5.21. The van der Waals surface area contributed by atoms with E-state index in [2.05, 4.69) is 10.6 Å². The second-order valence-electron chi connectivity index (χ2n) is 3.60. The minimum absolute atomic E-state index is 0. The number of morpholine rings is 1. The SMILES string of the molecule is Cl.O=C(Nc1cccc(O)c1)C1CNCCO1. The van der Waals surface area contributed by atoms with E-state index in [-0.39, 0.29) is 24.1 Å². The first-order chi connectivity index (χ1) is 7.75.